The Balaban J connectivity index is 1.72. The van der Waals surface area contributed by atoms with E-state index < -0.39 is 17.8 Å². The zero-order chi connectivity index (χ0) is 20.8. The Hall–Kier alpha value is -3.13. The van der Waals surface area contributed by atoms with Crippen LogP contribution in [0.25, 0.3) is 0 Å². The Morgan fingerprint density at radius 3 is 2.69 bits per heavy atom. The van der Waals surface area contributed by atoms with Gasteiger partial charge < -0.3 is 24.4 Å². The maximum absolute atomic E-state index is 13.8. The number of amides is 2. The molecule has 1 saturated heterocycles. The van der Waals surface area contributed by atoms with Gasteiger partial charge in [0.15, 0.2) is 11.5 Å². The van der Waals surface area contributed by atoms with Gasteiger partial charge in [-0.05, 0) is 23.8 Å². The number of ether oxygens (including phenoxy) is 3. The van der Waals surface area contributed by atoms with Gasteiger partial charge in [-0.2, -0.15) is 0 Å². The Morgan fingerprint density at radius 2 is 1.97 bits per heavy atom. The minimum atomic E-state index is -0.809. The third-order valence-electron chi connectivity index (χ3n) is 4.71. The molecular formula is C21H23FN2O5. The molecule has 0 radical (unpaired) electrons. The van der Waals surface area contributed by atoms with Crippen LogP contribution in [0.5, 0.6) is 11.5 Å². The van der Waals surface area contributed by atoms with E-state index in [4.69, 9.17) is 14.2 Å². The Morgan fingerprint density at radius 1 is 1.21 bits per heavy atom. The van der Waals surface area contributed by atoms with Gasteiger partial charge in [0.1, 0.15) is 18.5 Å². The highest BCUT2D eigenvalue weighted by molar-refractivity contribution is 5.89. The molecule has 8 heteroatoms. The van der Waals surface area contributed by atoms with Crippen LogP contribution in [0.1, 0.15) is 11.1 Å². The van der Waals surface area contributed by atoms with Crippen molar-refractivity contribution in [3.8, 4) is 11.5 Å². The van der Waals surface area contributed by atoms with Crippen molar-refractivity contribution in [1.29, 1.82) is 0 Å². The largest absolute Gasteiger partial charge is 0.493 e. The molecule has 7 nitrogen and oxygen atoms in total. The summed E-state index contributed by atoms with van der Waals surface area (Å²) in [5.74, 6) is 0.0137. The zero-order valence-corrected chi connectivity index (χ0v) is 16.3. The molecule has 2 amide bonds. The van der Waals surface area contributed by atoms with Crippen molar-refractivity contribution in [3.63, 3.8) is 0 Å². The molecule has 1 heterocycles. The Labute approximate surface area is 168 Å². The van der Waals surface area contributed by atoms with Gasteiger partial charge in [0.05, 0.1) is 20.8 Å². The number of nitrogens with one attached hydrogen (secondary N) is 1. The summed E-state index contributed by atoms with van der Waals surface area (Å²) < 4.78 is 29.6. The summed E-state index contributed by atoms with van der Waals surface area (Å²) in [5.41, 5.74) is 1.15. The number of nitrogens with zero attached hydrogens (tertiary/aromatic N) is 1. The van der Waals surface area contributed by atoms with Gasteiger partial charge in [0, 0.05) is 18.7 Å². The SMILES string of the molecule is COc1ccc(CN2C(=O)COC[C@H]2C(=O)NCc2ccccc2F)cc1OC. The lowest BCUT2D eigenvalue weighted by molar-refractivity contribution is -0.155. The van der Waals surface area contributed by atoms with Gasteiger partial charge in [-0.25, -0.2) is 4.39 Å². The quantitative estimate of drug-likeness (QED) is 0.765. The van der Waals surface area contributed by atoms with Crippen molar-refractivity contribution in [2.75, 3.05) is 27.4 Å². The van der Waals surface area contributed by atoms with E-state index >= 15 is 0 Å². The van der Waals surface area contributed by atoms with E-state index in [9.17, 15) is 14.0 Å². The number of benzene rings is 2. The maximum atomic E-state index is 13.8. The summed E-state index contributed by atoms with van der Waals surface area (Å²) in [6.07, 6.45) is 0. The van der Waals surface area contributed by atoms with E-state index in [-0.39, 0.29) is 32.2 Å². The lowest BCUT2D eigenvalue weighted by Gasteiger charge is -2.34. The second kappa shape index (κ2) is 9.38. The molecule has 0 saturated carbocycles. The molecule has 1 aliphatic rings. The molecule has 1 aliphatic heterocycles. The highest BCUT2D eigenvalue weighted by Gasteiger charge is 2.34. The van der Waals surface area contributed by atoms with Crippen molar-refractivity contribution < 1.29 is 28.2 Å². The first-order chi connectivity index (χ1) is 14.0. The number of methoxy groups -OCH3 is 2. The summed E-state index contributed by atoms with van der Waals surface area (Å²) in [7, 11) is 3.07. The molecule has 0 aliphatic carbocycles. The van der Waals surface area contributed by atoms with Crippen molar-refractivity contribution in [3.05, 3.63) is 59.4 Å². The van der Waals surface area contributed by atoms with Crippen LogP contribution >= 0.6 is 0 Å². The third-order valence-corrected chi connectivity index (χ3v) is 4.71. The Bertz CT molecular complexity index is 889. The fourth-order valence-corrected chi connectivity index (χ4v) is 3.14. The van der Waals surface area contributed by atoms with Crippen LogP contribution < -0.4 is 14.8 Å². The van der Waals surface area contributed by atoms with Gasteiger partial charge in [0.25, 0.3) is 0 Å². The summed E-state index contributed by atoms with van der Waals surface area (Å²) in [5, 5.41) is 2.69. The number of carbonyl (C=O) groups is 2. The predicted molar refractivity (Wildman–Crippen MR) is 103 cm³/mol. The lowest BCUT2D eigenvalue weighted by atomic mass is 10.1. The van der Waals surface area contributed by atoms with E-state index in [2.05, 4.69) is 5.32 Å². The number of hydrogen-bond donors (Lipinski definition) is 1. The summed E-state index contributed by atoms with van der Waals surface area (Å²) >= 11 is 0. The van der Waals surface area contributed by atoms with E-state index in [1.807, 2.05) is 0 Å². The molecule has 0 spiro atoms. The number of hydrogen-bond acceptors (Lipinski definition) is 5. The Kier molecular flexibility index (Phi) is 6.66. The van der Waals surface area contributed by atoms with Gasteiger partial charge in [-0.1, -0.05) is 24.3 Å². The molecule has 2 aromatic carbocycles. The van der Waals surface area contributed by atoms with Crippen LogP contribution in [0.4, 0.5) is 4.39 Å². The van der Waals surface area contributed by atoms with Crippen LogP contribution in [-0.4, -0.2) is 50.2 Å². The summed E-state index contributed by atoms with van der Waals surface area (Å²) in [6.45, 7) is 0.216. The number of rotatable bonds is 7. The summed E-state index contributed by atoms with van der Waals surface area (Å²) in [4.78, 5) is 26.6. The molecule has 0 aromatic heterocycles. The molecule has 1 N–H and O–H groups in total. The third kappa shape index (κ3) is 4.83. The average molecular weight is 402 g/mol. The standard InChI is InChI=1S/C21H23FN2O5/c1-27-18-8-7-14(9-19(18)28-2)11-24-17(12-29-13-20(24)25)21(26)23-10-15-5-3-4-6-16(15)22/h3-9,17H,10-13H2,1-2H3,(H,23,26)/t17-/m0/s1. The average Bonchev–Trinajstić information content (AvgIpc) is 2.74. The van der Waals surface area contributed by atoms with Crippen molar-refractivity contribution in [2.24, 2.45) is 0 Å². The molecule has 0 bridgehead atoms. The molecular weight excluding hydrogens is 379 g/mol. The number of halogens is 1. The van der Waals surface area contributed by atoms with E-state index in [0.29, 0.717) is 17.1 Å². The van der Waals surface area contributed by atoms with E-state index in [1.165, 1.54) is 18.1 Å². The zero-order valence-electron chi connectivity index (χ0n) is 16.3. The highest BCUT2D eigenvalue weighted by Crippen LogP contribution is 2.28. The van der Waals surface area contributed by atoms with Crippen LogP contribution in [0.3, 0.4) is 0 Å². The predicted octanol–water partition coefficient (Wildman–Crippen LogP) is 1.89. The summed E-state index contributed by atoms with van der Waals surface area (Å²) in [6, 6.07) is 10.7. The van der Waals surface area contributed by atoms with Gasteiger partial charge >= 0.3 is 0 Å². The fraction of sp³-hybridized carbons (Fsp3) is 0.333. The van der Waals surface area contributed by atoms with Gasteiger partial charge in [-0.15, -0.1) is 0 Å². The normalized spacial score (nSPS) is 16.4. The van der Waals surface area contributed by atoms with Gasteiger partial charge in [0.2, 0.25) is 11.8 Å². The van der Waals surface area contributed by atoms with Crippen LogP contribution in [-0.2, 0) is 27.4 Å². The topological polar surface area (TPSA) is 77.1 Å². The molecule has 1 atom stereocenters. The smallest absolute Gasteiger partial charge is 0.249 e. The van der Waals surface area contributed by atoms with Gasteiger partial charge in [-0.3, -0.25) is 9.59 Å². The lowest BCUT2D eigenvalue weighted by Crippen LogP contribution is -2.55. The van der Waals surface area contributed by atoms with E-state index in [1.54, 1.807) is 43.5 Å². The molecule has 1 fully saturated rings. The second-order valence-electron chi connectivity index (χ2n) is 6.55. The van der Waals surface area contributed by atoms with Crippen LogP contribution in [0.2, 0.25) is 0 Å². The molecule has 29 heavy (non-hydrogen) atoms. The van der Waals surface area contributed by atoms with Crippen molar-refractivity contribution >= 4 is 11.8 Å². The van der Waals surface area contributed by atoms with Crippen molar-refractivity contribution in [2.45, 2.75) is 19.1 Å². The molecule has 154 valence electrons. The minimum absolute atomic E-state index is 0.0282. The monoisotopic (exact) mass is 402 g/mol. The highest BCUT2D eigenvalue weighted by atomic mass is 19.1. The second-order valence-corrected chi connectivity index (χ2v) is 6.55. The van der Waals surface area contributed by atoms with Crippen molar-refractivity contribution in [1.82, 2.24) is 10.2 Å². The molecule has 3 rings (SSSR count). The van der Waals surface area contributed by atoms with E-state index in [0.717, 1.165) is 5.56 Å². The first-order valence-electron chi connectivity index (χ1n) is 9.12. The number of morpholine rings is 1. The molecule has 0 unspecified atom stereocenters. The maximum Gasteiger partial charge on any atom is 0.249 e. The first-order valence-corrected chi connectivity index (χ1v) is 9.12. The fourth-order valence-electron chi connectivity index (χ4n) is 3.14. The first kappa shape index (κ1) is 20.6. The molecule has 2 aromatic rings. The van der Waals surface area contributed by atoms with Crippen LogP contribution in [0.15, 0.2) is 42.5 Å². The number of carbonyl (C=O) groups excluding carboxylic acids is 2. The van der Waals surface area contributed by atoms with Crippen LogP contribution in [0, 0.1) is 5.82 Å². The minimum Gasteiger partial charge on any atom is -0.493 e.